The predicted octanol–water partition coefficient (Wildman–Crippen LogP) is 1.65. The highest BCUT2D eigenvalue weighted by Gasteiger charge is 2.34. The number of furan rings is 1. The molecule has 2 N–H and O–H groups in total. The molecule has 2 aromatic rings. The molecular weight excluding hydrogens is 402 g/mol. The van der Waals surface area contributed by atoms with E-state index in [0.29, 0.717) is 30.2 Å². The zero-order valence-corrected chi connectivity index (χ0v) is 17.0. The van der Waals surface area contributed by atoms with E-state index >= 15 is 0 Å². The van der Waals surface area contributed by atoms with Crippen LogP contribution in [0.25, 0.3) is 0 Å². The van der Waals surface area contributed by atoms with E-state index in [1.807, 2.05) is 0 Å². The minimum atomic E-state index is -0.531. The summed E-state index contributed by atoms with van der Waals surface area (Å²) in [6, 6.07) is 10.2. The van der Waals surface area contributed by atoms with E-state index in [1.54, 1.807) is 41.3 Å². The fourth-order valence-corrected chi connectivity index (χ4v) is 3.65. The first-order valence-corrected chi connectivity index (χ1v) is 10.3. The second-order valence-corrected chi connectivity index (χ2v) is 7.67. The van der Waals surface area contributed by atoms with Crippen molar-refractivity contribution in [2.75, 3.05) is 19.8 Å². The number of nitrogens with one attached hydrogen (secondary N) is 2. The molecule has 1 aromatic heterocycles. The number of carbonyl (C=O) groups excluding carboxylic acids is 3. The third kappa shape index (κ3) is 5.43. The van der Waals surface area contributed by atoms with Crippen LogP contribution in [0.2, 0.25) is 0 Å². The van der Waals surface area contributed by atoms with Crippen LogP contribution in [-0.4, -0.2) is 48.5 Å². The second kappa shape index (κ2) is 9.65. The molecule has 2 fully saturated rings. The summed E-state index contributed by atoms with van der Waals surface area (Å²) in [5, 5.41) is 0. The zero-order valence-electron chi connectivity index (χ0n) is 17.0. The minimum Gasteiger partial charge on any atom is -0.491 e. The Balaban J connectivity index is 1.21. The van der Waals surface area contributed by atoms with Crippen LogP contribution in [0.5, 0.6) is 5.75 Å². The van der Waals surface area contributed by atoms with Crippen molar-refractivity contribution < 1.29 is 28.3 Å². The van der Waals surface area contributed by atoms with Crippen LogP contribution in [0, 0.1) is 5.92 Å². The van der Waals surface area contributed by atoms with E-state index in [9.17, 15) is 14.4 Å². The average Bonchev–Trinajstić information content (AvgIpc) is 3.54. The van der Waals surface area contributed by atoms with Gasteiger partial charge in [-0.2, -0.15) is 0 Å². The van der Waals surface area contributed by atoms with Crippen molar-refractivity contribution >= 4 is 17.7 Å². The molecule has 1 aromatic carbocycles. The summed E-state index contributed by atoms with van der Waals surface area (Å²) >= 11 is 0. The lowest BCUT2D eigenvalue weighted by Crippen LogP contribution is -2.45. The molecule has 2 unspecified atom stereocenters. The fourth-order valence-electron chi connectivity index (χ4n) is 3.65. The number of hydrogen-bond donors (Lipinski definition) is 2. The van der Waals surface area contributed by atoms with Gasteiger partial charge in [0.15, 0.2) is 0 Å². The molecule has 9 nitrogen and oxygen atoms in total. The maximum atomic E-state index is 12.4. The van der Waals surface area contributed by atoms with Crippen molar-refractivity contribution in [3.8, 4) is 5.75 Å². The predicted molar refractivity (Wildman–Crippen MR) is 109 cm³/mol. The minimum absolute atomic E-state index is 0.0964. The van der Waals surface area contributed by atoms with Crippen LogP contribution in [0.15, 0.2) is 47.1 Å². The van der Waals surface area contributed by atoms with Crippen molar-refractivity contribution in [2.24, 2.45) is 5.92 Å². The molecule has 3 amide bonds. The second-order valence-electron chi connectivity index (χ2n) is 7.67. The van der Waals surface area contributed by atoms with Gasteiger partial charge in [-0.3, -0.25) is 25.2 Å². The summed E-state index contributed by atoms with van der Waals surface area (Å²) < 4.78 is 16.4. The smallest absolute Gasteiger partial charge is 0.269 e. The number of ether oxygens (including phenoxy) is 2. The van der Waals surface area contributed by atoms with Gasteiger partial charge in [0.2, 0.25) is 11.8 Å². The Morgan fingerprint density at radius 1 is 1.16 bits per heavy atom. The van der Waals surface area contributed by atoms with Crippen molar-refractivity contribution in [3.63, 3.8) is 0 Å². The van der Waals surface area contributed by atoms with Crippen molar-refractivity contribution in [1.29, 1.82) is 0 Å². The number of rotatable bonds is 7. The number of nitrogens with zero attached hydrogens (tertiary/aromatic N) is 1. The van der Waals surface area contributed by atoms with E-state index in [2.05, 4.69) is 10.9 Å². The molecule has 0 saturated carbocycles. The van der Waals surface area contributed by atoms with Crippen LogP contribution >= 0.6 is 0 Å². The maximum absolute atomic E-state index is 12.4. The van der Waals surface area contributed by atoms with Gasteiger partial charge in [-0.05, 0) is 49.2 Å². The lowest BCUT2D eigenvalue weighted by Gasteiger charge is -2.15. The Bertz CT molecular complexity index is 906. The van der Waals surface area contributed by atoms with E-state index in [0.717, 1.165) is 19.4 Å². The van der Waals surface area contributed by atoms with E-state index in [-0.39, 0.29) is 25.0 Å². The summed E-state index contributed by atoms with van der Waals surface area (Å²) in [5.41, 5.74) is 5.19. The lowest BCUT2D eigenvalue weighted by molar-refractivity contribution is -0.129. The van der Waals surface area contributed by atoms with E-state index in [1.165, 1.54) is 6.26 Å². The van der Waals surface area contributed by atoms with Crippen molar-refractivity contribution in [1.82, 2.24) is 15.8 Å². The molecule has 2 atom stereocenters. The highest BCUT2D eigenvalue weighted by Crippen LogP contribution is 2.20. The van der Waals surface area contributed by atoms with Gasteiger partial charge in [0.05, 0.1) is 24.8 Å². The quantitative estimate of drug-likeness (QED) is 0.650. The lowest BCUT2D eigenvalue weighted by atomic mass is 10.1. The summed E-state index contributed by atoms with van der Waals surface area (Å²) in [4.78, 5) is 38.4. The zero-order chi connectivity index (χ0) is 21.6. The van der Waals surface area contributed by atoms with Crippen molar-refractivity contribution in [2.45, 2.75) is 31.9 Å². The number of amides is 3. The Morgan fingerprint density at radius 3 is 2.71 bits per heavy atom. The summed E-state index contributed by atoms with van der Waals surface area (Å²) in [5.74, 6) is -0.197. The van der Waals surface area contributed by atoms with Gasteiger partial charge in [0.1, 0.15) is 18.1 Å². The van der Waals surface area contributed by atoms with Crippen molar-refractivity contribution in [3.05, 3.63) is 54.0 Å². The molecule has 4 rings (SSSR count). The molecule has 0 radical (unpaired) electrons. The Hall–Kier alpha value is -3.33. The van der Waals surface area contributed by atoms with Crippen LogP contribution in [0.1, 0.15) is 35.4 Å². The first-order chi connectivity index (χ1) is 15.1. The third-order valence-electron chi connectivity index (χ3n) is 5.39. The number of hydrazine groups is 1. The van der Waals surface area contributed by atoms with Crippen LogP contribution in [0.4, 0.5) is 0 Å². The number of likely N-dealkylation sites (tertiary alicyclic amines) is 1. The highest BCUT2D eigenvalue weighted by molar-refractivity contribution is 5.96. The maximum Gasteiger partial charge on any atom is 0.269 e. The molecule has 2 aliphatic rings. The summed E-state index contributed by atoms with van der Waals surface area (Å²) in [6.07, 6.45) is 3.80. The van der Waals surface area contributed by atoms with Gasteiger partial charge < -0.3 is 18.8 Å². The van der Waals surface area contributed by atoms with Gasteiger partial charge in [-0.25, -0.2) is 0 Å². The molecule has 3 heterocycles. The molecule has 164 valence electrons. The van der Waals surface area contributed by atoms with Gasteiger partial charge in [0.25, 0.3) is 5.91 Å². The molecular formula is C22H25N3O6. The van der Waals surface area contributed by atoms with Crippen LogP contribution in [-0.2, 0) is 20.9 Å². The first kappa shape index (κ1) is 20.9. The molecule has 9 heteroatoms. The number of carbonyl (C=O) groups is 3. The van der Waals surface area contributed by atoms with Gasteiger partial charge in [-0.1, -0.05) is 0 Å². The number of benzene rings is 1. The molecule has 31 heavy (non-hydrogen) atoms. The Morgan fingerprint density at radius 2 is 2.00 bits per heavy atom. The molecule has 0 spiro atoms. The van der Waals surface area contributed by atoms with Gasteiger partial charge in [-0.15, -0.1) is 0 Å². The molecule has 0 bridgehead atoms. The third-order valence-corrected chi connectivity index (χ3v) is 5.39. The van der Waals surface area contributed by atoms with Gasteiger partial charge in [0, 0.05) is 25.1 Å². The SMILES string of the molecule is O=C(NNC(=O)C1CC(=O)N(Cc2ccco2)C1)c1ccc(OCC2CCCO2)cc1. The Kier molecular flexibility index (Phi) is 6.51. The fraction of sp³-hybridized carbons (Fsp3) is 0.409. The van der Waals surface area contributed by atoms with E-state index in [4.69, 9.17) is 13.9 Å². The first-order valence-electron chi connectivity index (χ1n) is 10.3. The standard InChI is InChI=1S/C22H25N3O6/c26-20-11-16(12-25(20)13-18-3-1-9-29-18)22(28)24-23-21(27)15-5-7-17(8-6-15)31-14-19-4-2-10-30-19/h1,3,5-9,16,19H,2,4,10-14H2,(H,23,27)(H,24,28). The summed E-state index contributed by atoms with van der Waals surface area (Å²) in [7, 11) is 0. The van der Waals surface area contributed by atoms with Crippen LogP contribution < -0.4 is 15.6 Å². The normalized spacial score (nSPS) is 20.6. The van der Waals surface area contributed by atoms with Gasteiger partial charge >= 0.3 is 0 Å². The number of hydrogen-bond acceptors (Lipinski definition) is 6. The summed E-state index contributed by atoms with van der Waals surface area (Å²) in [6.45, 7) is 1.86. The molecule has 2 saturated heterocycles. The van der Waals surface area contributed by atoms with E-state index < -0.39 is 17.7 Å². The monoisotopic (exact) mass is 427 g/mol. The topological polar surface area (TPSA) is 110 Å². The largest absolute Gasteiger partial charge is 0.491 e. The highest BCUT2D eigenvalue weighted by atomic mass is 16.5. The Labute approximate surface area is 179 Å². The van der Waals surface area contributed by atoms with Crippen LogP contribution in [0.3, 0.4) is 0 Å². The molecule has 2 aliphatic heterocycles. The average molecular weight is 427 g/mol. The molecule has 0 aliphatic carbocycles.